The van der Waals surface area contributed by atoms with Gasteiger partial charge in [0.1, 0.15) is 11.6 Å². The van der Waals surface area contributed by atoms with Gasteiger partial charge in [0.25, 0.3) is 5.91 Å². The van der Waals surface area contributed by atoms with E-state index in [1.54, 1.807) is 19.2 Å². The maximum Gasteiger partial charge on any atom is 0.275 e. The minimum absolute atomic E-state index is 0.0741. The first-order valence-corrected chi connectivity index (χ1v) is 9.38. The smallest absolute Gasteiger partial charge is 0.275 e. The fourth-order valence-corrected chi connectivity index (χ4v) is 3.34. The molecule has 0 atom stereocenters. The van der Waals surface area contributed by atoms with Crippen LogP contribution in [0.3, 0.4) is 0 Å². The molecule has 1 amide bonds. The number of amides is 1. The largest absolute Gasteiger partial charge is 0.497 e. The molecule has 144 valence electrons. The van der Waals surface area contributed by atoms with Gasteiger partial charge in [0.2, 0.25) is 0 Å². The number of ether oxygens (including phenoxy) is 1. The van der Waals surface area contributed by atoms with Crippen molar-refractivity contribution in [3.05, 3.63) is 59.9 Å². The highest BCUT2D eigenvalue weighted by Gasteiger charge is 2.22. The van der Waals surface area contributed by atoms with Crippen LogP contribution in [0, 0.1) is 5.82 Å². The molecule has 0 aromatic heterocycles. The number of halogens is 1. The van der Waals surface area contributed by atoms with Gasteiger partial charge in [0.05, 0.1) is 33.3 Å². The third-order valence-electron chi connectivity index (χ3n) is 4.97. The number of methoxy groups -OCH3 is 1. The van der Waals surface area contributed by atoms with Gasteiger partial charge in [-0.1, -0.05) is 12.1 Å². The molecule has 0 aliphatic carbocycles. The van der Waals surface area contributed by atoms with E-state index >= 15 is 0 Å². The number of carbonyl (C=O) groups excluding carboxylic acids is 1. The van der Waals surface area contributed by atoms with Crippen LogP contribution in [0.1, 0.15) is 5.56 Å². The predicted molar refractivity (Wildman–Crippen MR) is 104 cm³/mol. The minimum Gasteiger partial charge on any atom is -0.497 e. The lowest BCUT2D eigenvalue weighted by Gasteiger charge is -2.33. The molecular formula is C21H27FN3O2+. The molecule has 1 aliphatic heterocycles. The third-order valence-corrected chi connectivity index (χ3v) is 4.97. The lowest BCUT2D eigenvalue weighted by molar-refractivity contribution is -0.892. The van der Waals surface area contributed by atoms with Crippen molar-refractivity contribution in [3.63, 3.8) is 0 Å². The van der Waals surface area contributed by atoms with Crippen LogP contribution in [0.2, 0.25) is 0 Å². The molecule has 0 bridgehead atoms. The topological polar surface area (TPSA) is 46.0 Å². The molecule has 2 aromatic carbocycles. The third kappa shape index (κ3) is 5.69. The van der Waals surface area contributed by atoms with Gasteiger partial charge >= 0.3 is 0 Å². The van der Waals surface area contributed by atoms with E-state index in [9.17, 15) is 9.18 Å². The molecule has 2 N–H and O–H groups in total. The highest BCUT2D eigenvalue weighted by molar-refractivity contribution is 5.76. The van der Waals surface area contributed by atoms with Crippen molar-refractivity contribution in [1.29, 1.82) is 0 Å². The van der Waals surface area contributed by atoms with E-state index in [0.717, 1.165) is 37.5 Å². The van der Waals surface area contributed by atoms with Crippen molar-refractivity contribution in [2.45, 2.75) is 6.42 Å². The summed E-state index contributed by atoms with van der Waals surface area (Å²) in [5.41, 5.74) is 2.22. The van der Waals surface area contributed by atoms with E-state index in [1.807, 2.05) is 12.1 Å². The first-order chi connectivity index (χ1) is 13.1. The summed E-state index contributed by atoms with van der Waals surface area (Å²) < 4.78 is 18.1. The number of rotatable bonds is 7. The Bertz CT molecular complexity index is 726. The van der Waals surface area contributed by atoms with Crippen LogP contribution in [0.25, 0.3) is 0 Å². The highest BCUT2D eigenvalue weighted by atomic mass is 19.1. The second kappa shape index (κ2) is 9.37. The molecule has 0 saturated carbocycles. The Hall–Kier alpha value is -2.60. The van der Waals surface area contributed by atoms with Crippen LogP contribution in [-0.4, -0.2) is 52.3 Å². The predicted octanol–water partition coefficient (Wildman–Crippen LogP) is 0.898. The summed E-state index contributed by atoms with van der Waals surface area (Å²) in [5, 5.41) is 2.97. The summed E-state index contributed by atoms with van der Waals surface area (Å²) in [6, 6.07) is 14.5. The van der Waals surface area contributed by atoms with Gasteiger partial charge in [-0.15, -0.1) is 0 Å². The van der Waals surface area contributed by atoms with Gasteiger partial charge < -0.3 is 19.9 Å². The Morgan fingerprint density at radius 2 is 1.78 bits per heavy atom. The SMILES string of the molecule is COc1ccc(N2CC[NH+](CC(=O)NCCc3ccc(F)cc3)CC2)cc1. The van der Waals surface area contributed by atoms with Gasteiger partial charge in [0, 0.05) is 12.2 Å². The zero-order valence-electron chi connectivity index (χ0n) is 15.7. The average molecular weight is 372 g/mol. The summed E-state index contributed by atoms with van der Waals surface area (Å²) in [4.78, 5) is 15.8. The first-order valence-electron chi connectivity index (χ1n) is 9.38. The maximum atomic E-state index is 12.9. The minimum atomic E-state index is -0.236. The molecule has 2 aromatic rings. The van der Waals surface area contributed by atoms with E-state index in [-0.39, 0.29) is 11.7 Å². The Morgan fingerprint density at radius 1 is 1.11 bits per heavy atom. The van der Waals surface area contributed by atoms with E-state index in [1.165, 1.54) is 22.7 Å². The number of hydrogen-bond acceptors (Lipinski definition) is 3. The van der Waals surface area contributed by atoms with Gasteiger partial charge in [-0.05, 0) is 48.4 Å². The number of piperazine rings is 1. The number of hydrogen-bond donors (Lipinski definition) is 2. The van der Waals surface area contributed by atoms with Gasteiger partial charge in [-0.2, -0.15) is 0 Å². The molecule has 27 heavy (non-hydrogen) atoms. The van der Waals surface area contributed by atoms with Crippen LogP contribution < -0.4 is 19.9 Å². The van der Waals surface area contributed by atoms with Gasteiger partial charge in [-0.3, -0.25) is 4.79 Å². The Labute approximate surface area is 159 Å². The number of quaternary nitrogens is 1. The van der Waals surface area contributed by atoms with E-state index in [2.05, 4.69) is 22.3 Å². The fourth-order valence-electron chi connectivity index (χ4n) is 3.34. The van der Waals surface area contributed by atoms with Gasteiger partial charge in [-0.25, -0.2) is 4.39 Å². The summed E-state index contributed by atoms with van der Waals surface area (Å²) in [6.07, 6.45) is 0.715. The summed E-state index contributed by atoms with van der Waals surface area (Å²) in [7, 11) is 1.67. The molecule has 0 spiro atoms. The molecule has 6 heteroatoms. The average Bonchev–Trinajstić information content (AvgIpc) is 2.70. The van der Waals surface area contributed by atoms with Crippen molar-refractivity contribution in [1.82, 2.24) is 5.32 Å². The van der Waals surface area contributed by atoms with Gasteiger partial charge in [0.15, 0.2) is 6.54 Å². The molecule has 5 nitrogen and oxygen atoms in total. The fraction of sp³-hybridized carbons (Fsp3) is 0.381. The zero-order chi connectivity index (χ0) is 19.1. The normalized spacial score (nSPS) is 14.8. The van der Waals surface area contributed by atoms with Crippen molar-refractivity contribution in [3.8, 4) is 5.75 Å². The van der Waals surface area contributed by atoms with Crippen LogP contribution in [0.15, 0.2) is 48.5 Å². The number of carbonyl (C=O) groups is 1. The molecule has 1 fully saturated rings. The Balaban J connectivity index is 1.36. The summed E-state index contributed by atoms with van der Waals surface area (Å²) >= 11 is 0. The number of benzene rings is 2. The Morgan fingerprint density at radius 3 is 2.41 bits per heavy atom. The second-order valence-electron chi connectivity index (χ2n) is 6.84. The maximum absolute atomic E-state index is 12.9. The summed E-state index contributed by atoms with van der Waals surface area (Å²) in [6.45, 7) is 4.83. The first kappa shape index (κ1) is 19.2. The standard InChI is InChI=1S/C21H26FN3O2/c1-27-20-8-6-19(7-9-20)25-14-12-24(13-15-25)16-21(26)23-11-10-17-2-4-18(22)5-3-17/h2-9H,10-16H2,1H3,(H,23,26)/p+1. The monoisotopic (exact) mass is 372 g/mol. The van der Waals surface area contributed by atoms with Crippen LogP contribution in [0.5, 0.6) is 5.75 Å². The molecule has 1 aliphatic rings. The van der Waals surface area contributed by atoms with E-state index in [0.29, 0.717) is 19.5 Å². The zero-order valence-corrected chi connectivity index (χ0v) is 15.7. The lowest BCUT2D eigenvalue weighted by Crippen LogP contribution is -3.16. The Kier molecular flexibility index (Phi) is 6.65. The van der Waals surface area contributed by atoms with Crippen molar-refractivity contribution < 1.29 is 18.8 Å². The second-order valence-corrected chi connectivity index (χ2v) is 6.84. The van der Waals surface area contributed by atoms with Crippen LogP contribution in [0.4, 0.5) is 10.1 Å². The van der Waals surface area contributed by atoms with Crippen molar-refractivity contribution in [2.24, 2.45) is 0 Å². The number of nitrogens with zero attached hydrogens (tertiary/aromatic N) is 1. The number of anilines is 1. The van der Waals surface area contributed by atoms with E-state index < -0.39 is 0 Å². The van der Waals surface area contributed by atoms with Crippen LogP contribution >= 0.6 is 0 Å². The number of nitrogens with one attached hydrogen (secondary N) is 2. The molecule has 0 unspecified atom stereocenters. The molecule has 1 saturated heterocycles. The van der Waals surface area contributed by atoms with Crippen molar-refractivity contribution in [2.75, 3.05) is 51.3 Å². The van der Waals surface area contributed by atoms with Crippen LogP contribution in [-0.2, 0) is 11.2 Å². The molecular weight excluding hydrogens is 345 g/mol. The molecule has 1 heterocycles. The quantitative estimate of drug-likeness (QED) is 0.759. The lowest BCUT2D eigenvalue weighted by atomic mass is 10.1. The molecule has 0 radical (unpaired) electrons. The highest BCUT2D eigenvalue weighted by Crippen LogP contribution is 2.18. The summed E-state index contributed by atoms with van der Waals surface area (Å²) in [5.74, 6) is 0.700. The molecule has 3 rings (SSSR count). The van der Waals surface area contributed by atoms with Crippen molar-refractivity contribution >= 4 is 11.6 Å². The van der Waals surface area contributed by atoms with E-state index in [4.69, 9.17) is 4.74 Å².